The SMILES string of the molecule is CCCOCCOC(=O)NC(COCCOC)C(=O)NCC(=O)NC1C(O)CC(OC(C)C)(C(=O)O)OC1C(O)C(O)CO. The van der Waals surface area contributed by atoms with Crippen molar-refractivity contribution in [1.82, 2.24) is 16.0 Å². The summed E-state index contributed by atoms with van der Waals surface area (Å²) in [5.74, 6) is -5.82. The number of hydrogen-bond acceptors (Lipinski definition) is 14. The van der Waals surface area contributed by atoms with Gasteiger partial charge >= 0.3 is 12.1 Å². The van der Waals surface area contributed by atoms with Gasteiger partial charge in [0.25, 0.3) is 5.79 Å². The largest absolute Gasteiger partial charge is 0.477 e. The number of hydrogen-bond donors (Lipinski definition) is 8. The summed E-state index contributed by atoms with van der Waals surface area (Å²) in [6.45, 7) is 3.89. The normalized spacial score (nSPS) is 23.8. The molecular weight excluding hydrogens is 594 g/mol. The van der Waals surface area contributed by atoms with E-state index in [1.165, 1.54) is 21.0 Å². The zero-order valence-corrected chi connectivity index (χ0v) is 25.4. The summed E-state index contributed by atoms with van der Waals surface area (Å²) in [5.41, 5.74) is 0. The maximum absolute atomic E-state index is 12.8. The number of carboxylic acids is 1. The predicted octanol–water partition coefficient (Wildman–Crippen LogP) is -3.16. The quantitative estimate of drug-likeness (QED) is 0.0575. The summed E-state index contributed by atoms with van der Waals surface area (Å²) >= 11 is 0. The highest BCUT2D eigenvalue weighted by molar-refractivity contribution is 5.89. The summed E-state index contributed by atoms with van der Waals surface area (Å²) in [6.07, 6.45) is -8.77. The molecule has 0 radical (unpaired) electrons. The highest BCUT2D eigenvalue weighted by Crippen LogP contribution is 2.34. The molecule has 0 aromatic rings. The lowest BCUT2D eigenvalue weighted by atomic mass is 9.88. The van der Waals surface area contributed by atoms with Gasteiger partial charge in [-0.2, -0.15) is 0 Å². The van der Waals surface area contributed by atoms with Gasteiger partial charge in [-0.25, -0.2) is 9.59 Å². The first-order valence-corrected chi connectivity index (χ1v) is 14.2. The van der Waals surface area contributed by atoms with Crippen LogP contribution in [0.5, 0.6) is 0 Å². The second-order valence-electron chi connectivity index (χ2n) is 10.1. The average molecular weight is 642 g/mol. The molecule has 7 unspecified atom stereocenters. The van der Waals surface area contributed by atoms with Crippen LogP contribution in [-0.4, -0.2) is 158 Å². The minimum atomic E-state index is -2.44. The molecule has 44 heavy (non-hydrogen) atoms. The summed E-state index contributed by atoms with van der Waals surface area (Å²) in [6, 6.07) is -2.79. The molecule has 7 atom stereocenters. The van der Waals surface area contributed by atoms with E-state index in [0.717, 1.165) is 6.42 Å². The average Bonchev–Trinajstić information content (AvgIpc) is 2.97. The molecule has 1 saturated heterocycles. The van der Waals surface area contributed by atoms with Gasteiger partial charge < -0.3 is 69.9 Å². The second kappa shape index (κ2) is 20.4. The molecule has 18 nitrogen and oxygen atoms in total. The number of aliphatic carboxylic acids is 1. The van der Waals surface area contributed by atoms with E-state index in [9.17, 15) is 44.7 Å². The maximum Gasteiger partial charge on any atom is 0.407 e. The number of amides is 3. The Labute approximate surface area is 255 Å². The zero-order valence-electron chi connectivity index (χ0n) is 25.4. The van der Waals surface area contributed by atoms with Gasteiger partial charge in [-0.3, -0.25) is 9.59 Å². The highest BCUT2D eigenvalue weighted by atomic mass is 16.7. The van der Waals surface area contributed by atoms with Crippen LogP contribution in [0.3, 0.4) is 0 Å². The van der Waals surface area contributed by atoms with E-state index in [2.05, 4.69) is 16.0 Å². The molecule has 0 bridgehead atoms. The number of ether oxygens (including phenoxy) is 6. The molecular formula is C26H47N3O15. The molecule has 3 amide bonds. The molecule has 1 fully saturated rings. The molecule has 18 heteroatoms. The van der Waals surface area contributed by atoms with E-state index in [1.54, 1.807) is 0 Å². The predicted molar refractivity (Wildman–Crippen MR) is 148 cm³/mol. The molecule has 256 valence electrons. The lowest BCUT2D eigenvalue weighted by molar-refractivity contribution is -0.319. The number of carbonyl (C=O) groups is 4. The Morgan fingerprint density at radius 3 is 2.32 bits per heavy atom. The fourth-order valence-corrected chi connectivity index (χ4v) is 4.07. The van der Waals surface area contributed by atoms with Gasteiger partial charge in [0, 0.05) is 20.1 Å². The van der Waals surface area contributed by atoms with E-state index >= 15 is 0 Å². The maximum atomic E-state index is 12.8. The first kappa shape index (κ1) is 39.3. The number of rotatable bonds is 21. The number of nitrogens with one attached hydrogen (secondary N) is 3. The molecule has 0 aromatic carbocycles. The van der Waals surface area contributed by atoms with Crippen molar-refractivity contribution < 1.29 is 73.1 Å². The minimum Gasteiger partial charge on any atom is -0.477 e. The lowest BCUT2D eigenvalue weighted by Crippen LogP contribution is -2.68. The Morgan fingerprint density at radius 2 is 1.73 bits per heavy atom. The van der Waals surface area contributed by atoms with Crippen molar-refractivity contribution in [2.75, 3.05) is 59.9 Å². The smallest absolute Gasteiger partial charge is 0.407 e. The number of aliphatic hydroxyl groups is 4. The van der Waals surface area contributed by atoms with Crippen molar-refractivity contribution >= 4 is 23.9 Å². The third-order valence-electron chi connectivity index (χ3n) is 6.13. The Hall–Kier alpha value is -2.68. The molecule has 0 spiro atoms. The van der Waals surface area contributed by atoms with E-state index in [4.69, 9.17) is 28.4 Å². The number of carbonyl (C=O) groups excluding carboxylic acids is 3. The Bertz CT molecular complexity index is 895. The van der Waals surface area contributed by atoms with Gasteiger partial charge in [-0.05, 0) is 20.3 Å². The number of aliphatic hydroxyl groups excluding tert-OH is 4. The number of alkyl carbamates (subject to hydrolysis) is 1. The monoisotopic (exact) mass is 641 g/mol. The van der Waals surface area contributed by atoms with Crippen LogP contribution in [0.25, 0.3) is 0 Å². The van der Waals surface area contributed by atoms with E-state index in [-0.39, 0.29) is 33.0 Å². The fraction of sp³-hybridized carbons (Fsp3) is 0.846. The molecule has 1 aliphatic heterocycles. The highest BCUT2D eigenvalue weighted by Gasteiger charge is 2.56. The first-order valence-electron chi connectivity index (χ1n) is 14.2. The van der Waals surface area contributed by atoms with E-state index < -0.39 is 91.8 Å². The third-order valence-corrected chi connectivity index (χ3v) is 6.13. The van der Waals surface area contributed by atoms with Crippen LogP contribution in [0.1, 0.15) is 33.6 Å². The summed E-state index contributed by atoms with van der Waals surface area (Å²) < 4.78 is 31.4. The molecule has 8 N–H and O–H groups in total. The second-order valence-corrected chi connectivity index (χ2v) is 10.1. The van der Waals surface area contributed by atoms with Crippen molar-refractivity contribution in [2.24, 2.45) is 0 Å². The first-order chi connectivity index (χ1) is 20.8. The van der Waals surface area contributed by atoms with Crippen LogP contribution >= 0.6 is 0 Å². The zero-order chi connectivity index (χ0) is 33.3. The van der Waals surface area contributed by atoms with Crippen LogP contribution < -0.4 is 16.0 Å². The topological polar surface area (TPSA) is 261 Å². The fourth-order valence-electron chi connectivity index (χ4n) is 4.07. The molecule has 0 saturated carbocycles. The molecule has 1 heterocycles. The third kappa shape index (κ3) is 13.1. The van der Waals surface area contributed by atoms with Crippen LogP contribution in [-0.2, 0) is 42.8 Å². The van der Waals surface area contributed by atoms with Crippen molar-refractivity contribution in [3.63, 3.8) is 0 Å². The van der Waals surface area contributed by atoms with Crippen LogP contribution in [0, 0.1) is 0 Å². The molecule has 0 aliphatic carbocycles. The van der Waals surface area contributed by atoms with Crippen LogP contribution in [0.15, 0.2) is 0 Å². The number of carboxylic acid groups (broad SMARTS) is 1. The Kier molecular flexibility index (Phi) is 18.2. The van der Waals surface area contributed by atoms with Crippen LogP contribution in [0.4, 0.5) is 4.79 Å². The minimum absolute atomic E-state index is 0.0672. The van der Waals surface area contributed by atoms with E-state index in [0.29, 0.717) is 6.61 Å². The van der Waals surface area contributed by atoms with Crippen LogP contribution in [0.2, 0.25) is 0 Å². The number of methoxy groups -OCH3 is 1. The van der Waals surface area contributed by atoms with Gasteiger partial charge in [0.1, 0.15) is 31.0 Å². The summed E-state index contributed by atoms with van der Waals surface area (Å²) in [5, 5.41) is 57.5. The van der Waals surface area contributed by atoms with Crippen molar-refractivity contribution in [3.05, 3.63) is 0 Å². The Morgan fingerprint density at radius 1 is 1.05 bits per heavy atom. The van der Waals surface area contributed by atoms with Crippen molar-refractivity contribution in [2.45, 2.75) is 82.0 Å². The van der Waals surface area contributed by atoms with E-state index in [1.807, 2.05) is 6.92 Å². The Balaban J connectivity index is 2.93. The van der Waals surface area contributed by atoms with Gasteiger partial charge in [-0.1, -0.05) is 6.92 Å². The standard InChI is InChI=1S/C26H47N3O15/c1-5-6-40-9-10-42-25(38)28-16(14-41-8-7-39-4)23(35)27-12-19(33)29-20-17(31)11-26(24(36)37,43-15(2)3)44-22(20)21(34)18(32)13-30/h15-18,20-22,30-32,34H,5-14H2,1-4H3,(H,27,35)(H,28,38)(H,29,33)(H,36,37). The summed E-state index contributed by atoms with van der Waals surface area (Å²) in [7, 11) is 1.45. The van der Waals surface area contributed by atoms with Gasteiger partial charge in [0.05, 0.1) is 57.8 Å². The molecule has 1 rings (SSSR count). The molecule has 0 aromatic heterocycles. The van der Waals surface area contributed by atoms with Crippen molar-refractivity contribution in [3.8, 4) is 0 Å². The van der Waals surface area contributed by atoms with Crippen molar-refractivity contribution in [1.29, 1.82) is 0 Å². The van der Waals surface area contributed by atoms with Gasteiger partial charge in [-0.15, -0.1) is 0 Å². The van der Waals surface area contributed by atoms with Gasteiger partial charge in [0.15, 0.2) is 0 Å². The lowest BCUT2D eigenvalue weighted by Gasteiger charge is -2.47. The molecule has 1 aliphatic rings. The van der Waals surface area contributed by atoms with Gasteiger partial charge in [0.2, 0.25) is 11.8 Å². The summed E-state index contributed by atoms with van der Waals surface area (Å²) in [4.78, 5) is 49.9.